The second kappa shape index (κ2) is 9.25. The highest BCUT2D eigenvalue weighted by Crippen LogP contribution is 2.20. The molecular formula is C20H23F2N3O3. The number of carbonyl (C=O) groups is 1. The maximum absolute atomic E-state index is 13.5. The summed E-state index contributed by atoms with van der Waals surface area (Å²) < 4.78 is 36.7. The molecule has 3 rings (SSSR count). The Kier molecular flexibility index (Phi) is 6.52. The van der Waals surface area contributed by atoms with Gasteiger partial charge in [0.15, 0.2) is 11.6 Å². The number of halogens is 2. The van der Waals surface area contributed by atoms with Gasteiger partial charge in [-0.2, -0.15) is 0 Å². The Morgan fingerprint density at radius 3 is 2.43 bits per heavy atom. The molecule has 0 aliphatic carbocycles. The van der Waals surface area contributed by atoms with Gasteiger partial charge in [0.1, 0.15) is 18.2 Å². The van der Waals surface area contributed by atoms with E-state index >= 15 is 0 Å². The standard InChI is InChI=1S/C20H23F2N3O3/c1-27-17-5-3-16(4-6-17)24-9-11-25(12-10-24)20(26)23-8-13-28-19-7-2-15(21)14-18(19)22/h2-7,14H,8-13H2,1H3,(H,23,26). The van der Waals surface area contributed by atoms with Crippen molar-refractivity contribution in [2.75, 3.05) is 51.3 Å². The smallest absolute Gasteiger partial charge is 0.317 e. The van der Waals surface area contributed by atoms with Crippen LogP contribution in [0.3, 0.4) is 0 Å². The summed E-state index contributed by atoms with van der Waals surface area (Å²) in [7, 11) is 1.63. The molecule has 1 N–H and O–H groups in total. The lowest BCUT2D eigenvalue weighted by Gasteiger charge is -2.36. The molecule has 0 bridgehead atoms. The second-order valence-electron chi connectivity index (χ2n) is 6.33. The number of nitrogens with one attached hydrogen (secondary N) is 1. The predicted octanol–water partition coefficient (Wildman–Crippen LogP) is 2.88. The van der Waals surface area contributed by atoms with Crippen molar-refractivity contribution in [3.8, 4) is 11.5 Å². The highest BCUT2D eigenvalue weighted by Gasteiger charge is 2.21. The molecule has 1 fully saturated rings. The average Bonchev–Trinajstić information content (AvgIpc) is 2.72. The summed E-state index contributed by atoms with van der Waals surface area (Å²) in [5, 5.41) is 2.75. The number of ether oxygens (including phenoxy) is 2. The topological polar surface area (TPSA) is 54.0 Å². The van der Waals surface area contributed by atoms with Crippen molar-refractivity contribution in [2.24, 2.45) is 0 Å². The molecule has 0 radical (unpaired) electrons. The van der Waals surface area contributed by atoms with Gasteiger partial charge in [0.05, 0.1) is 13.7 Å². The van der Waals surface area contributed by atoms with Crippen LogP contribution in [-0.4, -0.2) is 57.4 Å². The predicted molar refractivity (Wildman–Crippen MR) is 102 cm³/mol. The van der Waals surface area contributed by atoms with E-state index in [-0.39, 0.29) is 24.9 Å². The fraction of sp³-hybridized carbons (Fsp3) is 0.350. The molecule has 1 aliphatic rings. The summed E-state index contributed by atoms with van der Waals surface area (Å²) in [4.78, 5) is 16.2. The number of nitrogens with zero attached hydrogens (tertiary/aromatic N) is 2. The van der Waals surface area contributed by atoms with Crippen molar-refractivity contribution in [1.29, 1.82) is 0 Å². The van der Waals surface area contributed by atoms with Crippen LogP contribution in [0.15, 0.2) is 42.5 Å². The van der Waals surface area contributed by atoms with Gasteiger partial charge in [0.2, 0.25) is 0 Å². The van der Waals surface area contributed by atoms with Crippen LogP contribution < -0.4 is 19.7 Å². The summed E-state index contributed by atoms with van der Waals surface area (Å²) in [5.41, 5.74) is 1.09. The Labute approximate surface area is 162 Å². The Morgan fingerprint density at radius 1 is 1.07 bits per heavy atom. The number of piperazine rings is 1. The normalized spacial score (nSPS) is 14.0. The lowest BCUT2D eigenvalue weighted by Crippen LogP contribution is -2.52. The van der Waals surface area contributed by atoms with E-state index in [1.807, 2.05) is 24.3 Å². The minimum absolute atomic E-state index is 0.0382. The number of rotatable bonds is 6. The van der Waals surface area contributed by atoms with Crippen LogP contribution in [0.1, 0.15) is 0 Å². The quantitative estimate of drug-likeness (QED) is 0.770. The Hall–Kier alpha value is -3.03. The van der Waals surface area contributed by atoms with Gasteiger partial charge in [0, 0.05) is 37.9 Å². The van der Waals surface area contributed by atoms with Crippen LogP contribution in [-0.2, 0) is 0 Å². The van der Waals surface area contributed by atoms with E-state index in [1.165, 1.54) is 6.07 Å². The molecule has 28 heavy (non-hydrogen) atoms. The van der Waals surface area contributed by atoms with E-state index in [2.05, 4.69) is 10.2 Å². The summed E-state index contributed by atoms with van der Waals surface area (Å²) in [6, 6.07) is 10.8. The molecule has 150 valence electrons. The molecule has 0 atom stereocenters. The summed E-state index contributed by atoms with van der Waals surface area (Å²) >= 11 is 0. The Bertz CT molecular complexity index is 794. The van der Waals surface area contributed by atoms with E-state index in [4.69, 9.17) is 9.47 Å². The third-order valence-electron chi connectivity index (χ3n) is 4.53. The third kappa shape index (κ3) is 5.03. The zero-order valence-electron chi connectivity index (χ0n) is 15.7. The molecule has 0 aromatic heterocycles. The zero-order valence-corrected chi connectivity index (χ0v) is 15.7. The van der Waals surface area contributed by atoms with Gasteiger partial charge in [-0.1, -0.05) is 0 Å². The molecule has 8 heteroatoms. The number of hydrogen-bond acceptors (Lipinski definition) is 4. The van der Waals surface area contributed by atoms with Gasteiger partial charge >= 0.3 is 6.03 Å². The average molecular weight is 391 g/mol. The van der Waals surface area contributed by atoms with Crippen LogP contribution in [0.5, 0.6) is 11.5 Å². The number of urea groups is 1. The van der Waals surface area contributed by atoms with E-state index in [0.717, 1.165) is 36.7 Å². The Balaban J connectivity index is 1.38. The highest BCUT2D eigenvalue weighted by molar-refractivity contribution is 5.74. The Morgan fingerprint density at radius 2 is 1.79 bits per heavy atom. The number of benzene rings is 2. The first-order valence-corrected chi connectivity index (χ1v) is 9.06. The molecule has 2 aromatic rings. The van der Waals surface area contributed by atoms with Gasteiger partial charge in [-0.25, -0.2) is 13.6 Å². The molecule has 0 unspecified atom stereocenters. The molecule has 6 nitrogen and oxygen atoms in total. The van der Waals surface area contributed by atoms with Crippen LogP contribution in [0, 0.1) is 11.6 Å². The molecule has 1 heterocycles. The molecule has 1 saturated heterocycles. The summed E-state index contributed by atoms with van der Waals surface area (Å²) in [5.74, 6) is -0.652. The number of methoxy groups -OCH3 is 1. The van der Waals surface area contributed by atoms with E-state index in [9.17, 15) is 13.6 Å². The first-order chi connectivity index (χ1) is 13.6. The first kappa shape index (κ1) is 19.7. The van der Waals surface area contributed by atoms with Gasteiger partial charge in [0.25, 0.3) is 0 Å². The fourth-order valence-corrected chi connectivity index (χ4v) is 2.98. The molecule has 0 spiro atoms. The lowest BCUT2D eigenvalue weighted by molar-refractivity contribution is 0.191. The zero-order chi connectivity index (χ0) is 19.9. The van der Waals surface area contributed by atoms with E-state index < -0.39 is 11.6 Å². The van der Waals surface area contributed by atoms with Crippen molar-refractivity contribution in [2.45, 2.75) is 0 Å². The molecule has 2 aromatic carbocycles. The minimum atomic E-state index is -0.763. The van der Waals surface area contributed by atoms with Crippen molar-refractivity contribution in [3.63, 3.8) is 0 Å². The largest absolute Gasteiger partial charge is 0.497 e. The van der Waals surface area contributed by atoms with Gasteiger partial charge in [-0.15, -0.1) is 0 Å². The summed E-state index contributed by atoms with van der Waals surface area (Å²) in [6.45, 7) is 3.00. The van der Waals surface area contributed by atoms with Crippen LogP contribution in [0.4, 0.5) is 19.3 Å². The number of hydrogen-bond donors (Lipinski definition) is 1. The van der Waals surface area contributed by atoms with Crippen molar-refractivity contribution in [1.82, 2.24) is 10.2 Å². The number of anilines is 1. The van der Waals surface area contributed by atoms with Gasteiger partial charge < -0.3 is 24.6 Å². The van der Waals surface area contributed by atoms with E-state index in [0.29, 0.717) is 13.1 Å². The van der Waals surface area contributed by atoms with Crippen molar-refractivity contribution >= 4 is 11.7 Å². The van der Waals surface area contributed by atoms with Crippen LogP contribution in [0.2, 0.25) is 0 Å². The number of amides is 2. The van der Waals surface area contributed by atoms with Crippen LogP contribution >= 0.6 is 0 Å². The maximum atomic E-state index is 13.5. The van der Waals surface area contributed by atoms with Gasteiger partial charge in [-0.3, -0.25) is 0 Å². The highest BCUT2D eigenvalue weighted by atomic mass is 19.1. The van der Waals surface area contributed by atoms with Gasteiger partial charge in [-0.05, 0) is 36.4 Å². The van der Waals surface area contributed by atoms with Crippen molar-refractivity contribution < 1.29 is 23.0 Å². The molecular weight excluding hydrogens is 368 g/mol. The van der Waals surface area contributed by atoms with E-state index in [1.54, 1.807) is 12.0 Å². The molecule has 2 amide bonds. The summed E-state index contributed by atoms with van der Waals surface area (Å²) in [6.07, 6.45) is 0. The van der Waals surface area contributed by atoms with Crippen LogP contribution in [0.25, 0.3) is 0 Å². The third-order valence-corrected chi connectivity index (χ3v) is 4.53. The SMILES string of the molecule is COc1ccc(N2CCN(C(=O)NCCOc3ccc(F)cc3F)CC2)cc1. The lowest BCUT2D eigenvalue weighted by atomic mass is 10.2. The fourth-order valence-electron chi connectivity index (χ4n) is 2.98. The molecule has 0 saturated carbocycles. The number of carbonyl (C=O) groups excluding carboxylic acids is 1. The van der Waals surface area contributed by atoms with Crippen molar-refractivity contribution in [3.05, 3.63) is 54.1 Å². The second-order valence-corrected chi connectivity index (χ2v) is 6.33. The monoisotopic (exact) mass is 391 g/mol. The minimum Gasteiger partial charge on any atom is -0.497 e. The maximum Gasteiger partial charge on any atom is 0.317 e. The molecule has 1 aliphatic heterocycles. The first-order valence-electron chi connectivity index (χ1n) is 9.06.